The molecule has 74 heavy (non-hydrogen) atoms. The Labute approximate surface area is 433 Å². The number of para-hydroxylation sites is 3. The second-order valence-electron chi connectivity index (χ2n) is 23.7. The molecule has 0 unspecified atom stereocenters. The first-order chi connectivity index (χ1) is 35.7. The van der Waals surface area contributed by atoms with Gasteiger partial charge in [-0.25, -0.2) is 0 Å². The lowest BCUT2D eigenvalue weighted by molar-refractivity contribution is 0.590. The summed E-state index contributed by atoms with van der Waals surface area (Å²) in [6.07, 6.45) is 0. The van der Waals surface area contributed by atoms with Crippen LogP contribution in [0.4, 0.5) is 34.1 Å². The highest BCUT2D eigenvalue weighted by atomic mass is 16.3. The lowest BCUT2D eigenvalue weighted by Gasteiger charge is -2.42. The van der Waals surface area contributed by atoms with Crippen LogP contribution in [-0.4, -0.2) is 11.3 Å². The average Bonchev–Trinajstić information content (AvgIpc) is 4.02. The van der Waals surface area contributed by atoms with Crippen LogP contribution in [0.2, 0.25) is 0 Å². The molecule has 0 spiro atoms. The predicted molar refractivity (Wildman–Crippen MR) is 314 cm³/mol. The molecule has 0 atom stereocenters. The number of rotatable bonds is 4. The van der Waals surface area contributed by atoms with Crippen molar-refractivity contribution in [3.05, 3.63) is 216 Å². The Kier molecular flexibility index (Phi) is 8.73. The number of aromatic nitrogens is 1. The standard InChI is InChI=1S/C69H56BN3O/c1-67(2,3)43-27-31-45(32-28-43)71(46-33-29-44(30-34-46)68(4,5)6)47-35-36-58-57(39-47)70-63-54(50-22-15-21-49-53-37-41-17-9-10-18-42(41)38-60(53)73(70)64(49)50)40-56-62(52-20-11-13-24-55(52)69(56,7)8)65(63)72(58)59-25-16-23-51-48-19-12-14-26-61(48)74-66(51)59/h9-40H,1-8H3. The Hall–Kier alpha value is -8.28. The van der Waals surface area contributed by atoms with Crippen molar-refractivity contribution in [1.82, 2.24) is 4.48 Å². The quantitative estimate of drug-likeness (QED) is 0.164. The molecule has 0 saturated carbocycles. The van der Waals surface area contributed by atoms with Crippen LogP contribution in [0, 0.1) is 0 Å². The number of fused-ring (bicyclic) bond motifs is 15. The molecule has 2 aliphatic heterocycles. The molecule has 4 heterocycles. The normalized spacial score (nSPS) is 14.3. The highest BCUT2D eigenvalue weighted by Crippen LogP contribution is 2.58. The van der Waals surface area contributed by atoms with Gasteiger partial charge < -0.3 is 18.7 Å². The van der Waals surface area contributed by atoms with Gasteiger partial charge in [-0.3, -0.25) is 0 Å². The summed E-state index contributed by atoms with van der Waals surface area (Å²) >= 11 is 0. The van der Waals surface area contributed by atoms with Crippen molar-refractivity contribution in [3.63, 3.8) is 0 Å². The molecule has 5 heteroatoms. The summed E-state index contributed by atoms with van der Waals surface area (Å²) in [5.41, 5.74) is 23.8. The van der Waals surface area contributed by atoms with Crippen LogP contribution >= 0.6 is 0 Å². The Morgan fingerprint density at radius 2 is 1.09 bits per heavy atom. The fourth-order valence-corrected chi connectivity index (χ4v) is 13.3. The number of hydrogen-bond acceptors (Lipinski definition) is 3. The summed E-state index contributed by atoms with van der Waals surface area (Å²) in [7, 11) is 0. The molecule has 2 aromatic heterocycles. The van der Waals surface area contributed by atoms with E-state index >= 15 is 0 Å². The van der Waals surface area contributed by atoms with Crippen LogP contribution in [0.15, 0.2) is 199 Å². The zero-order valence-corrected chi connectivity index (χ0v) is 43.3. The van der Waals surface area contributed by atoms with Crippen molar-refractivity contribution in [1.29, 1.82) is 0 Å². The number of anilines is 6. The van der Waals surface area contributed by atoms with Gasteiger partial charge in [0.2, 0.25) is 0 Å². The molecule has 10 aromatic carbocycles. The predicted octanol–water partition coefficient (Wildman–Crippen LogP) is 17.6. The maximum Gasteiger partial charge on any atom is 0.333 e. The maximum absolute atomic E-state index is 7.07. The molecule has 0 saturated heterocycles. The third kappa shape index (κ3) is 5.92. The van der Waals surface area contributed by atoms with Crippen molar-refractivity contribution in [2.75, 3.05) is 9.80 Å². The first kappa shape index (κ1) is 43.3. The van der Waals surface area contributed by atoms with Crippen molar-refractivity contribution in [2.24, 2.45) is 0 Å². The van der Waals surface area contributed by atoms with Crippen LogP contribution in [0.3, 0.4) is 0 Å². The second kappa shape index (κ2) is 14.9. The highest BCUT2D eigenvalue weighted by Gasteiger charge is 2.49. The number of nitrogens with zero attached hydrogens (tertiary/aromatic N) is 3. The smallest absolute Gasteiger partial charge is 0.333 e. The summed E-state index contributed by atoms with van der Waals surface area (Å²) in [4.78, 5) is 5.07. The number of hydrogen-bond donors (Lipinski definition) is 0. The maximum atomic E-state index is 7.07. The fraction of sp³-hybridized carbons (Fsp3) is 0.159. The molecule has 1 aliphatic carbocycles. The van der Waals surface area contributed by atoms with Gasteiger partial charge in [-0.2, -0.15) is 0 Å². The van der Waals surface area contributed by atoms with Gasteiger partial charge >= 0.3 is 6.85 Å². The van der Waals surface area contributed by atoms with Gasteiger partial charge in [0.25, 0.3) is 0 Å². The topological polar surface area (TPSA) is 24.6 Å². The van der Waals surface area contributed by atoms with Crippen LogP contribution in [0.5, 0.6) is 0 Å². The summed E-state index contributed by atoms with van der Waals surface area (Å²) in [6.45, 7) is 18.4. The minimum Gasteiger partial charge on any atom is -0.454 e. The van der Waals surface area contributed by atoms with Gasteiger partial charge in [-0.1, -0.05) is 177 Å². The molecule has 4 nitrogen and oxygen atoms in total. The molecule has 356 valence electrons. The van der Waals surface area contributed by atoms with Gasteiger partial charge in [0.05, 0.1) is 11.4 Å². The van der Waals surface area contributed by atoms with Crippen LogP contribution in [-0.2, 0) is 16.2 Å². The zero-order chi connectivity index (χ0) is 50.2. The zero-order valence-electron chi connectivity index (χ0n) is 43.3. The summed E-state index contributed by atoms with van der Waals surface area (Å²) in [5.74, 6) is 0. The molecule has 0 fully saturated rings. The van der Waals surface area contributed by atoms with Crippen molar-refractivity contribution in [3.8, 4) is 22.3 Å². The van der Waals surface area contributed by atoms with Crippen molar-refractivity contribution < 1.29 is 4.42 Å². The summed E-state index contributed by atoms with van der Waals surface area (Å²) < 4.78 is 9.79. The first-order valence-electron chi connectivity index (χ1n) is 26.4. The van der Waals surface area contributed by atoms with Gasteiger partial charge in [0.1, 0.15) is 5.58 Å². The van der Waals surface area contributed by atoms with Gasteiger partial charge in [0.15, 0.2) is 5.58 Å². The SMILES string of the molecule is CC(C)(C)c1ccc(N(c2ccc(C(C)(C)C)cc2)c2ccc3c(c2)B2c4c(cc5c(c4N3c3cccc4c3oc3ccccc34)-c3ccccc3C5(C)C)-c3cccc4c5cc6ccccc6cc5n2c34)cc1. The van der Waals surface area contributed by atoms with E-state index in [1.807, 2.05) is 0 Å². The van der Waals surface area contributed by atoms with Crippen molar-refractivity contribution >= 4 is 106 Å². The molecule has 0 amide bonds. The van der Waals surface area contributed by atoms with Crippen LogP contribution < -0.4 is 20.7 Å². The molecule has 12 aromatic rings. The third-order valence-electron chi connectivity index (χ3n) is 17.0. The second-order valence-corrected chi connectivity index (χ2v) is 23.7. The van der Waals surface area contributed by atoms with E-state index < -0.39 is 0 Å². The van der Waals surface area contributed by atoms with Gasteiger partial charge in [-0.15, -0.1) is 0 Å². The van der Waals surface area contributed by atoms with E-state index in [1.165, 1.54) is 93.7 Å². The molecular weight excluding hydrogens is 898 g/mol. The molecule has 15 rings (SSSR count). The third-order valence-corrected chi connectivity index (χ3v) is 17.0. The van der Waals surface area contributed by atoms with E-state index in [2.05, 4.69) is 264 Å². The van der Waals surface area contributed by atoms with E-state index in [4.69, 9.17) is 4.42 Å². The van der Waals surface area contributed by atoms with E-state index in [0.717, 1.165) is 50.4 Å². The monoisotopic (exact) mass is 953 g/mol. The van der Waals surface area contributed by atoms with Crippen molar-refractivity contribution in [2.45, 2.75) is 71.6 Å². The first-order valence-corrected chi connectivity index (χ1v) is 26.4. The molecule has 0 radical (unpaired) electrons. The Bertz CT molecular complexity index is 4310. The molecule has 0 bridgehead atoms. The van der Waals surface area contributed by atoms with E-state index in [0.29, 0.717) is 0 Å². The Balaban J connectivity index is 1.10. The molecule has 0 N–H and O–H groups in total. The fourth-order valence-electron chi connectivity index (χ4n) is 13.3. The van der Waals surface area contributed by atoms with Gasteiger partial charge in [-0.05, 0) is 139 Å². The van der Waals surface area contributed by atoms with Crippen LogP contribution in [0.25, 0.3) is 76.8 Å². The molecule has 3 aliphatic rings. The van der Waals surface area contributed by atoms with E-state index in [9.17, 15) is 0 Å². The average molecular weight is 954 g/mol. The summed E-state index contributed by atoms with van der Waals surface area (Å²) in [6, 6.07) is 73.5. The van der Waals surface area contributed by atoms with E-state index in [-0.39, 0.29) is 23.1 Å². The minimum absolute atomic E-state index is 0.0180. The van der Waals surface area contributed by atoms with Crippen LogP contribution in [0.1, 0.15) is 77.6 Å². The summed E-state index contributed by atoms with van der Waals surface area (Å²) in [5, 5.41) is 7.28. The van der Waals surface area contributed by atoms with Gasteiger partial charge in [0, 0.05) is 71.9 Å². The highest BCUT2D eigenvalue weighted by molar-refractivity contribution is 6.90. The Morgan fingerprint density at radius 1 is 0.486 bits per heavy atom. The largest absolute Gasteiger partial charge is 0.454 e. The number of benzene rings is 10. The number of furan rings is 1. The minimum atomic E-state index is -0.254. The van der Waals surface area contributed by atoms with E-state index in [1.54, 1.807) is 0 Å². The lowest BCUT2D eigenvalue weighted by atomic mass is 9.44. The molecular formula is C69H56BN3O. The Morgan fingerprint density at radius 3 is 1.82 bits per heavy atom. The lowest BCUT2D eigenvalue weighted by Crippen LogP contribution is -2.57.